The number of amides is 2. The molecule has 9 heteroatoms. The molecule has 4 N–H and O–H groups in total. The van der Waals surface area contributed by atoms with E-state index in [-0.39, 0.29) is 11.8 Å². The fourth-order valence-electron chi connectivity index (χ4n) is 2.49. The van der Waals surface area contributed by atoms with Gasteiger partial charge in [-0.25, -0.2) is 4.99 Å². The van der Waals surface area contributed by atoms with Crippen LogP contribution < -0.4 is 16.4 Å². The van der Waals surface area contributed by atoms with Gasteiger partial charge < -0.3 is 16.4 Å². The van der Waals surface area contributed by atoms with Gasteiger partial charge in [-0.2, -0.15) is 4.99 Å². The zero-order chi connectivity index (χ0) is 19.2. The Hall–Kier alpha value is -3.88. The molecular weight excluding hydrogens is 348 g/mol. The molecule has 0 bridgehead atoms. The van der Waals surface area contributed by atoms with Crippen LogP contribution in [-0.2, 0) is 0 Å². The third-order valence-electron chi connectivity index (χ3n) is 3.79. The van der Waals surface area contributed by atoms with Crippen LogP contribution in [0.5, 0.6) is 0 Å². The fourth-order valence-corrected chi connectivity index (χ4v) is 2.49. The summed E-state index contributed by atoms with van der Waals surface area (Å²) in [7, 11) is 0. The van der Waals surface area contributed by atoms with Crippen LogP contribution in [0.3, 0.4) is 0 Å². The van der Waals surface area contributed by atoms with Crippen LogP contribution in [-0.4, -0.2) is 35.8 Å². The van der Waals surface area contributed by atoms with Crippen LogP contribution in [0.4, 0.5) is 0 Å². The smallest absolute Gasteiger partial charge is 0.256 e. The van der Waals surface area contributed by atoms with Crippen molar-refractivity contribution < 1.29 is 9.59 Å². The van der Waals surface area contributed by atoms with E-state index < -0.39 is 24.0 Å². The first kappa shape index (κ1) is 17.9. The Balaban J connectivity index is 1.78. The van der Waals surface area contributed by atoms with Crippen molar-refractivity contribution in [1.82, 2.24) is 10.6 Å². The molecule has 0 saturated heterocycles. The van der Waals surface area contributed by atoms with E-state index in [1.165, 1.54) is 0 Å². The van der Waals surface area contributed by atoms with Gasteiger partial charge in [-0.05, 0) is 24.3 Å². The van der Waals surface area contributed by atoms with E-state index >= 15 is 0 Å². The molecule has 1 aliphatic heterocycles. The predicted molar refractivity (Wildman–Crippen MR) is 100 cm³/mol. The van der Waals surface area contributed by atoms with Crippen LogP contribution in [0.1, 0.15) is 20.7 Å². The third-order valence-corrected chi connectivity index (χ3v) is 3.79. The molecule has 2 aromatic rings. The zero-order valence-electron chi connectivity index (χ0n) is 14.1. The average molecular weight is 364 g/mol. The fraction of sp³-hybridized carbons (Fsp3) is 0.111. The van der Waals surface area contributed by atoms with Gasteiger partial charge in [0.05, 0.1) is 0 Å². The van der Waals surface area contributed by atoms with Gasteiger partial charge in [0.15, 0.2) is 12.2 Å². The number of nitrogens with one attached hydrogen (secondary N) is 2. The lowest BCUT2D eigenvalue weighted by Crippen LogP contribution is -2.53. The number of nitroso groups, excluding NO2 is 1. The molecule has 0 saturated carbocycles. The minimum absolute atomic E-state index is 0.0790. The summed E-state index contributed by atoms with van der Waals surface area (Å²) in [5, 5.41) is 8.06. The van der Waals surface area contributed by atoms with Crippen molar-refractivity contribution in [3.63, 3.8) is 0 Å². The van der Waals surface area contributed by atoms with Crippen LogP contribution in [0.25, 0.3) is 0 Å². The van der Waals surface area contributed by atoms with E-state index in [0.29, 0.717) is 11.1 Å². The van der Waals surface area contributed by atoms with Crippen molar-refractivity contribution >= 4 is 23.6 Å². The Kier molecular flexibility index (Phi) is 5.31. The van der Waals surface area contributed by atoms with E-state index in [2.05, 4.69) is 25.8 Å². The molecule has 0 radical (unpaired) electrons. The SMILES string of the molecule is NC1=NC(NC(=O)c2ccccc2)C(N=O)C(NC(=O)c2ccccc2)=N1. The summed E-state index contributed by atoms with van der Waals surface area (Å²) >= 11 is 0. The Morgan fingerprint density at radius 1 is 0.926 bits per heavy atom. The van der Waals surface area contributed by atoms with Crippen molar-refractivity contribution in [2.75, 3.05) is 0 Å². The molecule has 1 heterocycles. The topological polar surface area (TPSA) is 138 Å². The summed E-state index contributed by atoms with van der Waals surface area (Å²) in [5.41, 5.74) is 6.43. The molecule has 27 heavy (non-hydrogen) atoms. The maximum atomic E-state index is 12.3. The van der Waals surface area contributed by atoms with Gasteiger partial charge in [-0.1, -0.05) is 41.6 Å². The van der Waals surface area contributed by atoms with Gasteiger partial charge >= 0.3 is 0 Å². The average Bonchev–Trinajstić information content (AvgIpc) is 2.69. The van der Waals surface area contributed by atoms with Gasteiger partial charge in [0.2, 0.25) is 5.96 Å². The summed E-state index contributed by atoms with van der Waals surface area (Å²) < 4.78 is 0. The Bertz CT molecular complexity index is 911. The van der Waals surface area contributed by atoms with Gasteiger partial charge in [0.25, 0.3) is 11.8 Å². The maximum Gasteiger partial charge on any atom is 0.256 e. The molecule has 136 valence electrons. The Morgan fingerprint density at radius 3 is 2.04 bits per heavy atom. The summed E-state index contributed by atoms with van der Waals surface area (Å²) in [4.78, 5) is 43.9. The molecule has 2 unspecified atom stereocenters. The number of hydrogen-bond acceptors (Lipinski definition) is 7. The lowest BCUT2D eigenvalue weighted by atomic mass is 10.1. The molecule has 1 aliphatic rings. The second kappa shape index (κ2) is 8.00. The number of guanidine groups is 1. The lowest BCUT2D eigenvalue weighted by Gasteiger charge is -2.24. The summed E-state index contributed by atoms with van der Waals surface area (Å²) in [6, 6.07) is 15.6. The highest BCUT2D eigenvalue weighted by Crippen LogP contribution is 2.11. The quantitative estimate of drug-likeness (QED) is 0.697. The Labute approximate surface area is 154 Å². The first-order chi connectivity index (χ1) is 13.1. The molecule has 0 spiro atoms. The first-order valence-electron chi connectivity index (χ1n) is 8.05. The number of hydrogen-bond donors (Lipinski definition) is 3. The number of rotatable bonds is 4. The molecule has 9 nitrogen and oxygen atoms in total. The van der Waals surface area contributed by atoms with Crippen LogP contribution >= 0.6 is 0 Å². The van der Waals surface area contributed by atoms with E-state index in [1.807, 2.05) is 0 Å². The van der Waals surface area contributed by atoms with Crippen LogP contribution in [0.15, 0.2) is 75.8 Å². The van der Waals surface area contributed by atoms with Gasteiger partial charge in [-0.15, -0.1) is 4.91 Å². The van der Waals surface area contributed by atoms with Gasteiger partial charge in [0.1, 0.15) is 5.84 Å². The van der Waals surface area contributed by atoms with Crippen molar-refractivity contribution in [2.45, 2.75) is 12.2 Å². The predicted octanol–water partition coefficient (Wildman–Crippen LogP) is 1.03. The second-order valence-electron chi connectivity index (χ2n) is 5.64. The molecule has 0 aromatic heterocycles. The number of nitrogens with two attached hydrogens (primary N) is 1. The number of carbonyl (C=O) groups is 2. The van der Waals surface area contributed by atoms with Crippen molar-refractivity contribution in [2.24, 2.45) is 20.9 Å². The van der Waals surface area contributed by atoms with E-state index in [9.17, 15) is 14.5 Å². The molecule has 2 aromatic carbocycles. The zero-order valence-corrected chi connectivity index (χ0v) is 14.1. The summed E-state index contributed by atoms with van der Waals surface area (Å²) in [6.45, 7) is 0. The lowest BCUT2D eigenvalue weighted by molar-refractivity contribution is 0.0936. The molecular formula is C18H16N6O3. The third kappa shape index (κ3) is 4.21. The Morgan fingerprint density at radius 2 is 1.48 bits per heavy atom. The summed E-state index contributed by atoms with van der Waals surface area (Å²) in [6.07, 6.45) is -1.08. The summed E-state index contributed by atoms with van der Waals surface area (Å²) in [5.74, 6) is -1.20. The largest absolute Gasteiger partial charge is 0.368 e. The first-order valence-corrected chi connectivity index (χ1v) is 8.05. The highest BCUT2D eigenvalue weighted by Gasteiger charge is 2.34. The number of carbonyl (C=O) groups excluding carboxylic acids is 2. The normalized spacial score (nSPS) is 18.7. The van der Waals surface area contributed by atoms with E-state index in [0.717, 1.165) is 0 Å². The minimum Gasteiger partial charge on any atom is -0.368 e. The number of benzene rings is 2. The van der Waals surface area contributed by atoms with Gasteiger partial charge in [0, 0.05) is 11.1 Å². The van der Waals surface area contributed by atoms with Crippen LogP contribution in [0, 0.1) is 4.91 Å². The van der Waals surface area contributed by atoms with Crippen molar-refractivity contribution in [3.05, 3.63) is 76.7 Å². The monoisotopic (exact) mass is 364 g/mol. The molecule has 2 atom stereocenters. The van der Waals surface area contributed by atoms with Crippen molar-refractivity contribution in [3.8, 4) is 0 Å². The highest BCUT2D eigenvalue weighted by atomic mass is 16.3. The van der Waals surface area contributed by atoms with Crippen molar-refractivity contribution in [1.29, 1.82) is 0 Å². The van der Waals surface area contributed by atoms with E-state index in [1.54, 1.807) is 60.7 Å². The highest BCUT2D eigenvalue weighted by molar-refractivity contribution is 6.12. The minimum atomic E-state index is -1.22. The molecule has 2 amide bonds. The molecule has 3 rings (SSSR count). The molecule has 0 fully saturated rings. The van der Waals surface area contributed by atoms with Crippen LogP contribution in [0.2, 0.25) is 0 Å². The molecule has 0 aliphatic carbocycles. The standard InChI is InChI=1S/C18H16N6O3/c19-18-22-14(20-16(25)11-7-3-1-4-8-11)13(24-27)15(23-18)21-17(26)12-9-5-2-6-10-12/h1-10,13-14H,(H,20,25)(H3,19,21,22,23,26). The number of amidine groups is 1. The number of nitrogens with zero attached hydrogens (tertiary/aromatic N) is 3. The second-order valence-corrected chi connectivity index (χ2v) is 5.64. The van der Waals surface area contributed by atoms with E-state index in [4.69, 9.17) is 5.73 Å². The van der Waals surface area contributed by atoms with Gasteiger partial charge in [-0.3, -0.25) is 9.59 Å². The maximum absolute atomic E-state index is 12.3. The number of aliphatic imine (C=N–C) groups is 2.